The fourth-order valence-electron chi connectivity index (χ4n) is 13.5. The summed E-state index contributed by atoms with van der Waals surface area (Å²) in [4.78, 5) is 53.2. The van der Waals surface area contributed by atoms with Crippen LogP contribution in [0.15, 0.2) is 48.6 Å². The molecule has 1 aliphatic carbocycles. The van der Waals surface area contributed by atoms with Crippen molar-refractivity contribution >= 4 is 34.5 Å². The number of esters is 3. The Morgan fingerprint density at radius 3 is 2.41 bits per heavy atom. The Morgan fingerprint density at radius 2 is 1.71 bits per heavy atom. The molecule has 13 heteroatoms. The highest BCUT2D eigenvalue weighted by Crippen LogP contribution is 2.68. The molecule has 9 rings (SSSR count). The lowest BCUT2D eigenvalue weighted by Crippen LogP contribution is -2.81. The van der Waals surface area contributed by atoms with Gasteiger partial charge in [-0.15, -0.1) is 0 Å². The van der Waals surface area contributed by atoms with E-state index in [1.165, 1.54) is 21.1 Å². The van der Waals surface area contributed by atoms with Crippen LogP contribution in [0.4, 0.5) is 5.69 Å². The first kappa shape index (κ1) is 40.0. The van der Waals surface area contributed by atoms with Crippen LogP contribution >= 0.6 is 0 Å². The fourth-order valence-corrected chi connectivity index (χ4v) is 13.5. The summed E-state index contributed by atoms with van der Waals surface area (Å²) in [6.45, 7) is 8.62. The van der Waals surface area contributed by atoms with E-state index >= 15 is 4.79 Å². The lowest BCUT2D eigenvalue weighted by molar-refractivity contribution is -0.228. The molecule has 0 amide bonds. The minimum Gasteiger partial charge on any atom is -0.496 e. The number of benzene rings is 2. The van der Waals surface area contributed by atoms with Gasteiger partial charge < -0.3 is 39.0 Å². The largest absolute Gasteiger partial charge is 0.496 e. The summed E-state index contributed by atoms with van der Waals surface area (Å²) < 4.78 is 23.9. The molecule has 2 aromatic carbocycles. The molecular formula is C46H58N4O9. The summed E-state index contributed by atoms with van der Waals surface area (Å²) in [5.41, 5.74) is -1.62. The molecule has 0 radical (unpaired) electrons. The third-order valence-corrected chi connectivity index (χ3v) is 15.6. The number of carbonyl (C=O) groups is 3. The van der Waals surface area contributed by atoms with Crippen LogP contribution in [0.3, 0.4) is 0 Å². The number of methoxy groups -OCH3 is 3. The van der Waals surface area contributed by atoms with E-state index in [1.54, 1.807) is 7.11 Å². The van der Waals surface area contributed by atoms with Gasteiger partial charge in [0.2, 0.25) is 5.60 Å². The van der Waals surface area contributed by atoms with E-state index in [-0.39, 0.29) is 12.0 Å². The number of fused-ring (bicyclic) bond motifs is 6. The van der Waals surface area contributed by atoms with Gasteiger partial charge in [0.25, 0.3) is 0 Å². The average Bonchev–Trinajstić information content (AvgIpc) is 3.90. The number of piperidine rings is 1. The van der Waals surface area contributed by atoms with Crippen molar-refractivity contribution in [2.45, 2.75) is 99.5 Å². The Morgan fingerprint density at radius 1 is 0.949 bits per heavy atom. The number of hydrogen-bond acceptors (Lipinski definition) is 12. The van der Waals surface area contributed by atoms with Crippen LogP contribution in [-0.4, -0.2) is 133 Å². The van der Waals surface area contributed by atoms with Crippen LogP contribution < -0.4 is 9.64 Å². The van der Waals surface area contributed by atoms with Gasteiger partial charge in [0, 0.05) is 90.9 Å². The zero-order chi connectivity index (χ0) is 41.9. The predicted octanol–water partition coefficient (Wildman–Crippen LogP) is 3.99. The molecule has 316 valence electrons. The Bertz CT molecular complexity index is 2260. The van der Waals surface area contributed by atoms with Crippen LogP contribution in [0.1, 0.15) is 75.3 Å². The Balaban J connectivity index is 1.36. The number of ether oxygens (including phenoxy) is 4. The summed E-state index contributed by atoms with van der Waals surface area (Å²) in [6.07, 6.45) is 5.94. The first-order chi connectivity index (χ1) is 28.2. The molecule has 1 saturated carbocycles. The summed E-state index contributed by atoms with van der Waals surface area (Å²) in [5.74, 6) is -1.56. The molecule has 2 saturated heterocycles. The number of likely N-dealkylation sites (N-methyl/N-ethyl adjacent to an activating group) is 1. The molecule has 1 aromatic heterocycles. The second-order valence-electron chi connectivity index (χ2n) is 18.2. The minimum atomic E-state index is -2.30. The van der Waals surface area contributed by atoms with E-state index < -0.39 is 57.5 Å². The van der Waals surface area contributed by atoms with Crippen molar-refractivity contribution in [2.75, 3.05) is 66.0 Å². The topological polar surface area (TPSA) is 154 Å². The number of aromatic nitrogens is 1. The van der Waals surface area contributed by atoms with E-state index in [0.29, 0.717) is 82.6 Å². The Labute approximate surface area is 345 Å². The highest BCUT2D eigenvalue weighted by Gasteiger charge is 2.80. The molecule has 10 atom stereocenters. The van der Waals surface area contributed by atoms with Crippen molar-refractivity contribution in [1.29, 1.82) is 0 Å². The number of anilines is 1. The number of H-pyrrole nitrogens is 1. The van der Waals surface area contributed by atoms with E-state index in [2.05, 4.69) is 39.1 Å². The van der Waals surface area contributed by atoms with Gasteiger partial charge in [-0.25, -0.2) is 4.79 Å². The predicted molar refractivity (Wildman–Crippen MR) is 220 cm³/mol. The first-order valence-electron chi connectivity index (χ1n) is 21.2. The van der Waals surface area contributed by atoms with Crippen molar-refractivity contribution in [3.8, 4) is 5.75 Å². The number of para-hydroxylation sites is 1. The quantitative estimate of drug-likeness (QED) is 0.180. The van der Waals surface area contributed by atoms with Crippen molar-refractivity contribution in [3.63, 3.8) is 0 Å². The molecule has 3 fully saturated rings. The van der Waals surface area contributed by atoms with Crippen molar-refractivity contribution in [3.05, 3.63) is 70.9 Å². The third-order valence-electron chi connectivity index (χ3n) is 15.6. The summed E-state index contributed by atoms with van der Waals surface area (Å²) >= 11 is 0. The highest BCUT2D eigenvalue weighted by atomic mass is 16.6. The number of aromatic amines is 1. The minimum absolute atomic E-state index is 0.0986. The number of nitrogens with one attached hydrogen (secondary N) is 1. The van der Waals surface area contributed by atoms with Gasteiger partial charge in [-0.05, 0) is 74.2 Å². The summed E-state index contributed by atoms with van der Waals surface area (Å²) in [5, 5.41) is 26.3. The number of rotatable bonds is 7. The van der Waals surface area contributed by atoms with E-state index in [4.69, 9.17) is 18.9 Å². The van der Waals surface area contributed by atoms with Crippen molar-refractivity contribution < 1.29 is 43.5 Å². The highest BCUT2D eigenvalue weighted by molar-refractivity contribution is 5.95. The zero-order valence-corrected chi connectivity index (χ0v) is 35.3. The molecule has 1 unspecified atom stereocenters. The van der Waals surface area contributed by atoms with E-state index in [9.17, 15) is 19.8 Å². The molecule has 59 heavy (non-hydrogen) atoms. The van der Waals surface area contributed by atoms with Gasteiger partial charge in [-0.3, -0.25) is 19.4 Å². The second kappa shape index (κ2) is 13.8. The average molecular weight is 811 g/mol. The standard InChI is InChI=1S/C46H58N4O9/c1-8-42(54)23-28-24-45(40(52)57-6,36-30(15-19-49(25-28)26-42)29-13-10-11-14-33(29)47-36)32-21-31-34(22-35(32)56-5)48(4)38-44(31)17-20-50-18-12-16-43(9-2,37(44)50)39(59-27(3)51)46(38,55)41(53)58-7/h10-14,16,21-22,28,37-39,47,54-55H,8-9,15,17-20,23-26H2,1-7H3/t28-,37-,38+,39+,42-,43+,44-,45-,46-/m0/s1. The summed E-state index contributed by atoms with van der Waals surface area (Å²) in [6, 6.07) is 11.0. The van der Waals surface area contributed by atoms with E-state index in [1.807, 2.05) is 50.1 Å². The van der Waals surface area contributed by atoms with Gasteiger partial charge >= 0.3 is 17.9 Å². The van der Waals surface area contributed by atoms with Gasteiger partial charge in [-0.2, -0.15) is 0 Å². The van der Waals surface area contributed by atoms with E-state index in [0.717, 1.165) is 33.4 Å². The van der Waals surface area contributed by atoms with Crippen LogP contribution in [0.2, 0.25) is 0 Å². The third kappa shape index (κ3) is 5.20. The normalized spacial score (nSPS) is 37.0. The zero-order valence-electron chi connectivity index (χ0n) is 35.3. The number of hydrogen-bond donors (Lipinski definition) is 3. The van der Waals surface area contributed by atoms with Gasteiger partial charge in [0.05, 0.1) is 33.0 Å². The lowest BCUT2D eigenvalue weighted by atomic mass is 9.47. The molecular weight excluding hydrogens is 753 g/mol. The molecule has 13 nitrogen and oxygen atoms in total. The number of aliphatic hydroxyl groups is 2. The second-order valence-corrected chi connectivity index (χ2v) is 18.2. The van der Waals surface area contributed by atoms with Crippen molar-refractivity contribution in [2.24, 2.45) is 11.3 Å². The van der Waals surface area contributed by atoms with Crippen LogP contribution in [0.5, 0.6) is 5.75 Å². The Hall–Kier alpha value is -4.43. The van der Waals surface area contributed by atoms with Crippen LogP contribution in [0, 0.1) is 11.3 Å². The smallest absolute Gasteiger partial charge is 0.344 e. The van der Waals surface area contributed by atoms with Gasteiger partial charge in [-0.1, -0.05) is 44.2 Å². The maximum Gasteiger partial charge on any atom is 0.344 e. The fraction of sp³-hybridized carbons (Fsp3) is 0.587. The first-order valence-corrected chi connectivity index (χ1v) is 21.2. The maximum absolute atomic E-state index is 15.3. The molecule has 5 aliphatic heterocycles. The lowest BCUT2D eigenvalue weighted by Gasteiger charge is -2.63. The molecule has 1 spiro atoms. The Kier molecular flexibility index (Phi) is 9.36. The SMILES string of the molecule is CC[C@]1(O)C[C@@H]2CN(CCc3c([nH]c4ccccc34)[C@@](C(=O)OC)(c3cc4c(cc3OC)N(C)[C@H]3[C@@](O)(C(=O)OC)[C@H](OC(C)=O)[C@]5(CC)C=CCN6CC[C@@]43[C@@H]65)C2)C1. The summed E-state index contributed by atoms with van der Waals surface area (Å²) in [7, 11) is 6.15. The molecule has 6 heterocycles. The molecule has 3 N–H and O–H groups in total. The van der Waals surface area contributed by atoms with Gasteiger partial charge in [0.15, 0.2) is 6.10 Å². The number of nitrogens with zero attached hydrogens (tertiary/aromatic N) is 3. The maximum atomic E-state index is 15.3. The van der Waals surface area contributed by atoms with Gasteiger partial charge in [0.1, 0.15) is 11.2 Å². The monoisotopic (exact) mass is 810 g/mol. The van der Waals surface area contributed by atoms with Crippen LogP contribution in [-0.2, 0) is 45.8 Å². The van der Waals surface area contributed by atoms with Crippen molar-refractivity contribution in [1.82, 2.24) is 14.8 Å². The van der Waals surface area contributed by atoms with Crippen LogP contribution in [0.25, 0.3) is 10.9 Å². The molecule has 3 aromatic rings. The number of carbonyl (C=O) groups excluding carboxylic acids is 3. The molecule has 2 bridgehead atoms. The molecule has 6 aliphatic rings.